The highest BCUT2D eigenvalue weighted by atomic mass is 16.5. The van der Waals surface area contributed by atoms with Crippen LogP contribution in [0.2, 0.25) is 0 Å². The molecule has 0 bridgehead atoms. The number of ether oxygens (including phenoxy) is 1. The van der Waals surface area contributed by atoms with Crippen molar-refractivity contribution in [3.8, 4) is 0 Å². The Labute approximate surface area is 140 Å². The van der Waals surface area contributed by atoms with Crippen LogP contribution in [0.15, 0.2) is 29.5 Å². The minimum atomic E-state index is -0.0194. The maximum absolute atomic E-state index is 12.5. The number of rotatable bonds is 6. The van der Waals surface area contributed by atoms with E-state index in [1.165, 1.54) is 0 Å². The van der Waals surface area contributed by atoms with Gasteiger partial charge in [-0.1, -0.05) is 0 Å². The van der Waals surface area contributed by atoms with E-state index in [4.69, 9.17) is 4.74 Å². The molecule has 0 spiro atoms. The van der Waals surface area contributed by atoms with Gasteiger partial charge in [0.1, 0.15) is 6.10 Å². The van der Waals surface area contributed by atoms with Gasteiger partial charge in [0, 0.05) is 50.2 Å². The molecule has 1 N–H and O–H groups in total. The third kappa shape index (κ3) is 2.84. The Morgan fingerprint density at radius 1 is 1.33 bits per heavy atom. The summed E-state index contributed by atoms with van der Waals surface area (Å²) in [6, 6.07) is 2.38. The van der Waals surface area contributed by atoms with E-state index in [0.29, 0.717) is 24.3 Å². The van der Waals surface area contributed by atoms with Crippen molar-refractivity contribution in [1.82, 2.24) is 19.3 Å². The maximum atomic E-state index is 12.5. The first-order chi connectivity index (χ1) is 11.8. The van der Waals surface area contributed by atoms with Crippen LogP contribution in [0.3, 0.4) is 0 Å². The van der Waals surface area contributed by atoms with Crippen molar-refractivity contribution in [3.63, 3.8) is 0 Å². The Kier molecular flexibility index (Phi) is 4.10. The van der Waals surface area contributed by atoms with Gasteiger partial charge in [-0.25, -0.2) is 4.98 Å². The summed E-state index contributed by atoms with van der Waals surface area (Å²) in [6.45, 7) is 4.32. The minimum Gasteiger partial charge on any atom is -0.372 e. The van der Waals surface area contributed by atoms with Gasteiger partial charge in [-0.3, -0.25) is 9.48 Å². The molecular weight excluding hydrogens is 306 g/mol. The van der Waals surface area contributed by atoms with Crippen molar-refractivity contribution in [2.24, 2.45) is 5.92 Å². The van der Waals surface area contributed by atoms with Crippen molar-refractivity contribution in [3.05, 3.63) is 40.7 Å². The van der Waals surface area contributed by atoms with Gasteiger partial charge in [-0.15, -0.1) is 0 Å². The average molecular weight is 329 g/mol. The topological polar surface area (TPSA) is 74.0 Å². The highest BCUT2D eigenvalue weighted by molar-refractivity contribution is 5.31. The maximum Gasteiger partial charge on any atom is 0.293 e. The van der Waals surface area contributed by atoms with Crippen molar-refractivity contribution in [1.29, 1.82) is 0 Å². The number of nitrogens with zero attached hydrogens (tertiary/aromatic N) is 4. The van der Waals surface area contributed by atoms with Crippen LogP contribution < -0.4 is 10.9 Å². The summed E-state index contributed by atoms with van der Waals surface area (Å²) in [6.07, 6.45) is 8.47. The summed E-state index contributed by atoms with van der Waals surface area (Å²) >= 11 is 0. The van der Waals surface area contributed by atoms with E-state index < -0.39 is 0 Å². The summed E-state index contributed by atoms with van der Waals surface area (Å²) in [5.74, 6) is 0.752. The third-order valence-corrected chi connectivity index (χ3v) is 4.89. The van der Waals surface area contributed by atoms with E-state index in [9.17, 15) is 4.79 Å². The predicted molar refractivity (Wildman–Crippen MR) is 90.0 cm³/mol. The Balaban J connectivity index is 1.47. The number of anilines is 1. The van der Waals surface area contributed by atoms with Gasteiger partial charge in [0.2, 0.25) is 0 Å². The van der Waals surface area contributed by atoms with Gasteiger partial charge in [-0.05, 0) is 32.3 Å². The normalized spacial score (nSPS) is 23.5. The van der Waals surface area contributed by atoms with Gasteiger partial charge in [-0.2, -0.15) is 5.10 Å². The lowest BCUT2D eigenvalue weighted by molar-refractivity contribution is 0.0858. The molecule has 2 aromatic rings. The van der Waals surface area contributed by atoms with Gasteiger partial charge in [0.05, 0.1) is 5.69 Å². The van der Waals surface area contributed by atoms with Gasteiger partial charge in [0.25, 0.3) is 5.56 Å². The molecule has 24 heavy (non-hydrogen) atoms. The van der Waals surface area contributed by atoms with Crippen LogP contribution in [-0.2, 0) is 11.3 Å². The minimum absolute atomic E-state index is 0.0194. The molecule has 0 amide bonds. The monoisotopic (exact) mass is 329 g/mol. The number of aryl methyl sites for hydroxylation is 1. The lowest BCUT2D eigenvalue weighted by Crippen LogP contribution is -2.27. The zero-order valence-electron chi connectivity index (χ0n) is 13.9. The molecule has 1 aliphatic heterocycles. The number of hydrogen-bond donors (Lipinski definition) is 1. The molecule has 4 rings (SSSR count). The molecule has 1 aliphatic carbocycles. The van der Waals surface area contributed by atoms with Crippen LogP contribution in [0.5, 0.6) is 0 Å². The summed E-state index contributed by atoms with van der Waals surface area (Å²) in [5.41, 5.74) is 1.09. The van der Waals surface area contributed by atoms with Crippen LogP contribution in [0.25, 0.3) is 0 Å². The van der Waals surface area contributed by atoms with Crippen molar-refractivity contribution in [2.45, 2.75) is 44.9 Å². The highest BCUT2D eigenvalue weighted by Gasteiger charge is 2.32. The Morgan fingerprint density at radius 3 is 3.00 bits per heavy atom. The first-order valence-electron chi connectivity index (χ1n) is 8.72. The first kappa shape index (κ1) is 15.4. The summed E-state index contributed by atoms with van der Waals surface area (Å²) in [5, 5.41) is 7.59. The number of nitrogens with one attached hydrogen (secondary N) is 1. The quantitative estimate of drug-likeness (QED) is 0.877. The second-order valence-electron chi connectivity index (χ2n) is 6.51. The van der Waals surface area contributed by atoms with Gasteiger partial charge < -0.3 is 14.6 Å². The van der Waals surface area contributed by atoms with Crippen molar-refractivity contribution < 1.29 is 4.74 Å². The van der Waals surface area contributed by atoms with Crippen molar-refractivity contribution in [2.75, 3.05) is 18.5 Å². The zero-order valence-corrected chi connectivity index (χ0v) is 13.9. The summed E-state index contributed by atoms with van der Waals surface area (Å²) < 4.78 is 9.71. The summed E-state index contributed by atoms with van der Waals surface area (Å²) in [4.78, 5) is 16.7. The standard InChI is InChI=1S/C17H23N5O2/c1-2-22-14(5-7-20-22)15-12(6-10-24-15)11-19-16-17(23)21(9-8-18-16)13-3-4-13/h5,7-9,12-13,15H,2-4,6,10-11H2,1H3,(H,18,19)/t12-,15+/m0/s1. The Hall–Kier alpha value is -2.15. The zero-order chi connectivity index (χ0) is 16.5. The van der Waals surface area contributed by atoms with Crippen LogP contribution in [0, 0.1) is 5.92 Å². The van der Waals surface area contributed by atoms with Crippen LogP contribution in [0.4, 0.5) is 5.82 Å². The largest absolute Gasteiger partial charge is 0.372 e. The third-order valence-electron chi connectivity index (χ3n) is 4.89. The molecule has 2 fully saturated rings. The lowest BCUT2D eigenvalue weighted by atomic mass is 9.99. The second-order valence-corrected chi connectivity index (χ2v) is 6.51. The molecule has 1 saturated carbocycles. The predicted octanol–water partition coefficient (Wildman–Crippen LogP) is 1.98. The smallest absolute Gasteiger partial charge is 0.293 e. The highest BCUT2D eigenvalue weighted by Crippen LogP contribution is 2.35. The molecular formula is C17H23N5O2. The molecule has 128 valence electrons. The lowest BCUT2D eigenvalue weighted by Gasteiger charge is -2.20. The second kappa shape index (κ2) is 6.39. The Morgan fingerprint density at radius 2 is 2.21 bits per heavy atom. The molecule has 0 radical (unpaired) electrons. The molecule has 2 atom stereocenters. The Bertz CT molecular complexity index is 764. The van der Waals surface area contributed by atoms with E-state index in [1.54, 1.807) is 17.0 Å². The van der Waals surface area contributed by atoms with E-state index in [0.717, 1.165) is 38.1 Å². The molecule has 2 aliphatic rings. The number of hydrogen-bond acceptors (Lipinski definition) is 5. The average Bonchev–Trinajstić information content (AvgIpc) is 3.15. The van der Waals surface area contributed by atoms with E-state index in [2.05, 4.69) is 22.3 Å². The molecule has 0 aromatic carbocycles. The van der Waals surface area contributed by atoms with Crippen molar-refractivity contribution >= 4 is 5.82 Å². The van der Waals surface area contributed by atoms with Gasteiger partial charge in [0.15, 0.2) is 5.82 Å². The summed E-state index contributed by atoms with van der Waals surface area (Å²) in [7, 11) is 0. The molecule has 0 unspecified atom stereocenters. The van der Waals surface area contributed by atoms with Crippen LogP contribution >= 0.6 is 0 Å². The molecule has 1 saturated heterocycles. The molecule has 7 heteroatoms. The van der Waals surface area contributed by atoms with Crippen LogP contribution in [-0.4, -0.2) is 32.5 Å². The fourth-order valence-corrected chi connectivity index (χ4v) is 3.43. The van der Waals surface area contributed by atoms with E-state index in [1.807, 2.05) is 16.9 Å². The molecule has 2 aromatic heterocycles. The fourth-order valence-electron chi connectivity index (χ4n) is 3.43. The number of aromatic nitrogens is 4. The SMILES string of the molecule is CCn1nccc1[C@@H]1OCC[C@H]1CNc1nccn(C2CC2)c1=O. The van der Waals surface area contributed by atoms with Gasteiger partial charge >= 0.3 is 0 Å². The molecule has 3 heterocycles. The van der Waals surface area contributed by atoms with E-state index in [-0.39, 0.29) is 11.7 Å². The molecule has 7 nitrogen and oxygen atoms in total. The fraction of sp³-hybridized carbons (Fsp3) is 0.588. The first-order valence-corrected chi connectivity index (χ1v) is 8.72. The van der Waals surface area contributed by atoms with E-state index >= 15 is 0 Å². The van der Waals surface area contributed by atoms with Crippen LogP contribution in [0.1, 0.15) is 44.0 Å².